The fraction of sp³-hybridized carbons (Fsp3) is 0.273. The Morgan fingerprint density at radius 3 is 2.37 bits per heavy atom. The van der Waals surface area contributed by atoms with Crippen molar-refractivity contribution >= 4 is 11.6 Å². The van der Waals surface area contributed by atoms with Gasteiger partial charge in [-0.1, -0.05) is 42.5 Å². The molecule has 0 spiro atoms. The topological polar surface area (TPSA) is 50.2 Å². The molecule has 0 aliphatic carbocycles. The Balaban J connectivity index is 1.87. The van der Waals surface area contributed by atoms with Crippen LogP contribution in [-0.4, -0.2) is 20.6 Å². The number of fused-ring (bicyclic) bond motifs is 1. The molecule has 138 valence electrons. The highest BCUT2D eigenvalue weighted by atomic mass is 16.2. The Morgan fingerprint density at radius 1 is 1.04 bits per heavy atom. The molecule has 1 aliphatic rings. The van der Waals surface area contributed by atoms with E-state index >= 15 is 0 Å². The summed E-state index contributed by atoms with van der Waals surface area (Å²) in [6.45, 7) is 6.13. The molecule has 0 unspecified atom stereocenters. The number of rotatable bonds is 3. The zero-order chi connectivity index (χ0) is 19.1. The molecule has 0 saturated heterocycles. The van der Waals surface area contributed by atoms with Crippen LogP contribution in [0.15, 0.2) is 54.6 Å². The fourth-order valence-corrected chi connectivity index (χ4v) is 3.96. The molecule has 1 aliphatic heterocycles. The van der Waals surface area contributed by atoms with E-state index in [0.29, 0.717) is 5.56 Å². The maximum Gasteiger partial charge on any atom is 0.258 e. The number of carbonyl (C=O) groups excluding carboxylic acids is 1. The summed E-state index contributed by atoms with van der Waals surface area (Å²) in [4.78, 5) is 15.4. The summed E-state index contributed by atoms with van der Waals surface area (Å²) in [5.74, 6) is 0.0355. The van der Waals surface area contributed by atoms with Crippen molar-refractivity contribution in [3.8, 4) is 0 Å². The van der Waals surface area contributed by atoms with Gasteiger partial charge in [-0.2, -0.15) is 5.10 Å². The predicted octanol–water partition coefficient (Wildman–Crippen LogP) is 4.36. The van der Waals surface area contributed by atoms with Crippen LogP contribution in [0.4, 0.5) is 5.69 Å². The van der Waals surface area contributed by atoms with Crippen LogP contribution in [0.2, 0.25) is 0 Å². The highest BCUT2D eigenvalue weighted by Gasteiger charge is 2.38. The Labute approximate surface area is 159 Å². The number of hydrogen-bond donors (Lipinski definition) is 1. The largest absolute Gasteiger partial charge is 0.361 e. The first-order chi connectivity index (χ1) is 13.0. The van der Waals surface area contributed by atoms with Gasteiger partial charge in [-0.15, -0.1) is 0 Å². The molecule has 1 amide bonds. The van der Waals surface area contributed by atoms with Crippen LogP contribution in [0.3, 0.4) is 0 Å². The number of benzene rings is 2. The van der Waals surface area contributed by atoms with E-state index in [-0.39, 0.29) is 18.1 Å². The molecule has 5 heteroatoms. The molecule has 0 saturated carbocycles. The van der Waals surface area contributed by atoms with Gasteiger partial charge in [0.25, 0.3) is 5.91 Å². The highest BCUT2D eigenvalue weighted by molar-refractivity contribution is 6.02. The van der Waals surface area contributed by atoms with E-state index in [0.717, 1.165) is 28.2 Å². The number of nitrogens with one attached hydrogen (secondary N) is 1. The summed E-state index contributed by atoms with van der Waals surface area (Å²) in [7, 11) is 1.94. The van der Waals surface area contributed by atoms with Crippen molar-refractivity contribution in [2.45, 2.75) is 33.0 Å². The summed E-state index contributed by atoms with van der Waals surface area (Å²) in [5, 5.41) is 8.16. The van der Waals surface area contributed by atoms with Gasteiger partial charge in [-0.25, -0.2) is 0 Å². The lowest BCUT2D eigenvalue weighted by molar-refractivity contribution is 0.0595. The van der Waals surface area contributed by atoms with Crippen LogP contribution in [0, 0.1) is 13.8 Å². The van der Waals surface area contributed by atoms with Gasteiger partial charge in [0.2, 0.25) is 0 Å². The second-order valence-electron chi connectivity index (χ2n) is 7.10. The Hall–Kier alpha value is -3.08. The lowest BCUT2D eigenvalue weighted by atomic mass is 9.98. The first kappa shape index (κ1) is 17.3. The quantitative estimate of drug-likeness (QED) is 0.755. The van der Waals surface area contributed by atoms with Gasteiger partial charge in [0.05, 0.1) is 17.3 Å². The molecule has 3 aromatic rings. The zero-order valence-electron chi connectivity index (χ0n) is 16.1. The van der Waals surface area contributed by atoms with E-state index in [4.69, 9.17) is 0 Å². The van der Waals surface area contributed by atoms with Crippen LogP contribution in [0.25, 0.3) is 0 Å². The van der Waals surface area contributed by atoms with Gasteiger partial charge in [-0.3, -0.25) is 9.48 Å². The van der Waals surface area contributed by atoms with Crippen LogP contribution < -0.4 is 5.32 Å². The highest BCUT2D eigenvalue weighted by Crippen LogP contribution is 2.40. The SMILES string of the molecule is Cc1nn(C)c(C)c1[C@H]1Nc2ccccc2C(=O)N1[C@@H](C)c1ccccc1. The van der Waals surface area contributed by atoms with Crippen molar-refractivity contribution in [3.63, 3.8) is 0 Å². The van der Waals surface area contributed by atoms with E-state index in [2.05, 4.69) is 29.5 Å². The third kappa shape index (κ3) is 2.79. The average Bonchev–Trinajstić information content (AvgIpc) is 2.93. The van der Waals surface area contributed by atoms with Crippen molar-refractivity contribution in [1.82, 2.24) is 14.7 Å². The minimum Gasteiger partial charge on any atom is -0.361 e. The van der Waals surface area contributed by atoms with E-state index in [9.17, 15) is 4.79 Å². The molecule has 2 atom stereocenters. The molecule has 0 bridgehead atoms. The summed E-state index contributed by atoms with van der Waals surface area (Å²) < 4.78 is 1.88. The van der Waals surface area contributed by atoms with Crippen LogP contribution in [-0.2, 0) is 7.05 Å². The molecule has 0 radical (unpaired) electrons. The second kappa shape index (κ2) is 6.58. The van der Waals surface area contributed by atoms with Crippen LogP contribution >= 0.6 is 0 Å². The van der Waals surface area contributed by atoms with Gasteiger partial charge in [0.1, 0.15) is 6.17 Å². The number of carbonyl (C=O) groups is 1. The average molecular weight is 360 g/mol. The van der Waals surface area contributed by atoms with Crippen molar-refractivity contribution < 1.29 is 4.79 Å². The minimum absolute atomic E-state index is 0.0355. The molecular formula is C22H24N4O. The van der Waals surface area contributed by atoms with Crippen molar-refractivity contribution in [2.75, 3.05) is 5.32 Å². The monoisotopic (exact) mass is 360 g/mol. The summed E-state index contributed by atoms with van der Waals surface area (Å²) in [6, 6.07) is 17.8. The molecule has 2 heterocycles. The van der Waals surface area contributed by atoms with Gasteiger partial charge >= 0.3 is 0 Å². The summed E-state index contributed by atoms with van der Waals surface area (Å²) >= 11 is 0. The first-order valence-electron chi connectivity index (χ1n) is 9.22. The van der Waals surface area contributed by atoms with Crippen molar-refractivity contribution in [2.24, 2.45) is 7.05 Å². The Bertz CT molecular complexity index is 993. The molecule has 1 aromatic heterocycles. The number of aromatic nitrogens is 2. The third-order valence-electron chi connectivity index (χ3n) is 5.50. The van der Waals surface area contributed by atoms with Gasteiger partial charge in [-0.05, 0) is 38.5 Å². The molecule has 2 aromatic carbocycles. The lowest BCUT2D eigenvalue weighted by Gasteiger charge is -2.42. The number of para-hydroxylation sites is 1. The van der Waals surface area contributed by atoms with Crippen LogP contribution in [0.1, 0.15) is 52.0 Å². The Kier molecular flexibility index (Phi) is 4.22. The van der Waals surface area contributed by atoms with E-state index < -0.39 is 0 Å². The van der Waals surface area contributed by atoms with E-state index in [1.165, 1.54) is 0 Å². The fourth-order valence-electron chi connectivity index (χ4n) is 3.96. The van der Waals surface area contributed by atoms with Gasteiger partial charge in [0.15, 0.2) is 0 Å². The normalized spacial score (nSPS) is 17.4. The summed E-state index contributed by atoms with van der Waals surface area (Å²) in [6.07, 6.45) is -0.267. The first-order valence-corrected chi connectivity index (χ1v) is 9.22. The second-order valence-corrected chi connectivity index (χ2v) is 7.10. The molecule has 1 N–H and O–H groups in total. The van der Waals surface area contributed by atoms with Crippen molar-refractivity contribution in [3.05, 3.63) is 82.7 Å². The molecule has 0 fully saturated rings. The standard InChI is InChI=1S/C22H24N4O/c1-14-20(16(3)25(4)24-14)21-23-19-13-9-8-12-18(19)22(27)26(21)15(2)17-10-6-5-7-11-17/h5-13,15,21,23H,1-4H3/t15-,21-/m0/s1. The van der Waals surface area contributed by atoms with E-state index in [1.54, 1.807) is 0 Å². The third-order valence-corrected chi connectivity index (χ3v) is 5.50. The number of nitrogens with zero attached hydrogens (tertiary/aromatic N) is 3. The molecular weight excluding hydrogens is 336 g/mol. The lowest BCUT2D eigenvalue weighted by Crippen LogP contribution is -2.44. The number of amides is 1. The van der Waals surface area contributed by atoms with Crippen molar-refractivity contribution in [1.29, 1.82) is 0 Å². The number of hydrogen-bond acceptors (Lipinski definition) is 3. The maximum atomic E-state index is 13.5. The zero-order valence-corrected chi connectivity index (χ0v) is 16.1. The van der Waals surface area contributed by atoms with Gasteiger partial charge in [0, 0.05) is 24.0 Å². The van der Waals surface area contributed by atoms with E-state index in [1.807, 2.05) is 72.9 Å². The maximum absolute atomic E-state index is 13.5. The molecule has 27 heavy (non-hydrogen) atoms. The van der Waals surface area contributed by atoms with Gasteiger partial charge < -0.3 is 10.2 Å². The molecule has 5 nitrogen and oxygen atoms in total. The van der Waals surface area contributed by atoms with Crippen LogP contribution in [0.5, 0.6) is 0 Å². The number of anilines is 1. The minimum atomic E-state index is -0.267. The Morgan fingerprint density at radius 2 is 1.70 bits per heavy atom. The molecule has 4 rings (SSSR count). The predicted molar refractivity (Wildman–Crippen MR) is 107 cm³/mol. The number of aryl methyl sites for hydroxylation is 2. The summed E-state index contributed by atoms with van der Waals surface area (Å²) in [5.41, 5.74) is 5.73. The smallest absolute Gasteiger partial charge is 0.258 e.